The van der Waals surface area contributed by atoms with E-state index in [0.29, 0.717) is 34.5 Å². The summed E-state index contributed by atoms with van der Waals surface area (Å²) in [5.74, 6) is 0.310. The second-order valence-corrected chi connectivity index (χ2v) is 6.50. The number of aromatic nitrogens is 1. The molecule has 2 aromatic rings. The number of hydrogen-bond donors (Lipinski definition) is 1. The van der Waals surface area contributed by atoms with Gasteiger partial charge < -0.3 is 5.32 Å². The van der Waals surface area contributed by atoms with Gasteiger partial charge in [-0.25, -0.2) is 4.98 Å². The van der Waals surface area contributed by atoms with Gasteiger partial charge in [-0.15, -0.1) is 11.8 Å². The number of carbonyl (C=O) groups is 1. The molecular formula is C18H19F3N2OS. The molecule has 3 nitrogen and oxygen atoms in total. The second-order valence-electron chi connectivity index (χ2n) is 5.36. The average Bonchev–Trinajstić information content (AvgIpc) is 2.58. The molecule has 1 amide bonds. The van der Waals surface area contributed by atoms with Crippen molar-refractivity contribution < 1.29 is 18.0 Å². The van der Waals surface area contributed by atoms with Crippen LogP contribution in [-0.4, -0.2) is 23.2 Å². The molecule has 2 rings (SSSR count). The van der Waals surface area contributed by atoms with Crippen molar-refractivity contribution in [1.82, 2.24) is 10.3 Å². The third-order valence-electron chi connectivity index (χ3n) is 3.41. The first-order chi connectivity index (χ1) is 11.9. The molecule has 0 spiro atoms. The lowest BCUT2D eigenvalue weighted by Crippen LogP contribution is -2.25. The molecule has 0 fully saturated rings. The molecular weight excluding hydrogens is 349 g/mol. The van der Waals surface area contributed by atoms with Crippen LogP contribution in [0.4, 0.5) is 13.2 Å². The van der Waals surface area contributed by atoms with E-state index < -0.39 is 11.9 Å². The lowest BCUT2D eigenvalue weighted by atomic mass is 10.2. The Morgan fingerprint density at radius 3 is 2.80 bits per heavy atom. The minimum absolute atomic E-state index is 0.162. The third-order valence-corrected chi connectivity index (χ3v) is 4.47. The van der Waals surface area contributed by atoms with E-state index in [1.54, 1.807) is 30.7 Å². The molecule has 2 radical (unpaired) electrons. The summed E-state index contributed by atoms with van der Waals surface area (Å²) in [6.07, 6.45) is -0.621. The Morgan fingerprint density at radius 1 is 1.32 bits per heavy atom. The number of hydrogen-bond acceptors (Lipinski definition) is 3. The number of benzene rings is 1. The predicted molar refractivity (Wildman–Crippen MR) is 94.0 cm³/mol. The molecule has 134 valence electrons. The van der Waals surface area contributed by atoms with Gasteiger partial charge in [-0.3, -0.25) is 4.79 Å². The maximum atomic E-state index is 13.0. The topological polar surface area (TPSA) is 42.0 Å². The smallest absolute Gasteiger partial charge is 0.355 e. The van der Waals surface area contributed by atoms with E-state index in [4.69, 9.17) is 0 Å². The zero-order valence-electron chi connectivity index (χ0n) is 13.6. The predicted octanol–water partition coefficient (Wildman–Crippen LogP) is 4.67. The van der Waals surface area contributed by atoms with Gasteiger partial charge in [0.1, 0.15) is 5.69 Å². The molecule has 1 aromatic carbocycles. The maximum absolute atomic E-state index is 13.0. The van der Waals surface area contributed by atoms with Gasteiger partial charge in [0, 0.05) is 29.0 Å². The lowest BCUT2D eigenvalue weighted by molar-refractivity contribution is -0.141. The Labute approximate surface area is 149 Å². The highest BCUT2D eigenvalue weighted by Gasteiger charge is 2.33. The van der Waals surface area contributed by atoms with Gasteiger partial charge in [-0.05, 0) is 18.6 Å². The van der Waals surface area contributed by atoms with Crippen molar-refractivity contribution in [2.75, 3.05) is 12.3 Å². The first-order valence-corrected chi connectivity index (χ1v) is 8.90. The fraction of sp³-hybridized carbons (Fsp3) is 0.333. The number of carbonyl (C=O) groups excluding carboxylic acids is 1. The Hall–Kier alpha value is -1.76. The number of nitrogens with zero attached hydrogens (tertiary/aromatic N) is 1. The van der Waals surface area contributed by atoms with Crippen molar-refractivity contribution >= 4 is 28.6 Å². The number of fused-ring (bicyclic) bond motifs is 1. The molecule has 0 aliphatic carbocycles. The fourth-order valence-corrected chi connectivity index (χ4v) is 3.14. The number of amides is 1. The van der Waals surface area contributed by atoms with Gasteiger partial charge >= 0.3 is 6.18 Å². The standard InChI is InChI=1S/C18H19F3N2OS/c1-2-3-4-9-17(24)22-10-11-25-15-12-16(18(19,20)21)23-14-8-6-5-7-13(14)15/h5-9,12H,1-4,10-11H2,(H,22,24). The van der Waals surface area contributed by atoms with Gasteiger partial charge in [0.05, 0.1) is 5.52 Å². The second kappa shape index (κ2) is 9.08. The minimum Gasteiger partial charge on any atom is -0.355 e. The van der Waals surface area contributed by atoms with Crippen molar-refractivity contribution in [3.05, 3.63) is 49.4 Å². The molecule has 0 aliphatic rings. The number of thioether (sulfide) groups is 1. The van der Waals surface area contributed by atoms with Crippen molar-refractivity contribution in [1.29, 1.82) is 0 Å². The number of unbranched alkanes of at least 4 members (excludes halogenated alkanes) is 2. The van der Waals surface area contributed by atoms with E-state index in [1.165, 1.54) is 11.8 Å². The van der Waals surface area contributed by atoms with Gasteiger partial charge in [-0.1, -0.05) is 38.0 Å². The van der Waals surface area contributed by atoms with Crippen molar-refractivity contribution in [2.24, 2.45) is 0 Å². The summed E-state index contributed by atoms with van der Waals surface area (Å²) in [7, 11) is 0. The molecule has 25 heavy (non-hydrogen) atoms. The number of alkyl halides is 3. The van der Waals surface area contributed by atoms with Crippen LogP contribution >= 0.6 is 11.8 Å². The van der Waals surface area contributed by atoms with Crippen LogP contribution in [0, 0.1) is 13.3 Å². The Balaban J connectivity index is 1.99. The van der Waals surface area contributed by atoms with Gasteiger partial charge in [0.15, 0.2) is 0 Å². The van der Waals surface area contributed by atoms with Crippen molar-refractivity contribution in [3.63, 3.8) is 0 Å². The normalized spacial score (nSPS) is 11.7. The summed E-state index contributed by atoms with van der Waals surface area (Å²) in [5.41, 5.74) is -0.593. The number of rotatable bonds is 8. The van der Waals surface area contributed by atoms with E-state index in [9.17, 15) is 18.0 Å². The summed E-state index contributed by atoms with van der Waals surface area (Å²) in [5, 5.41) is 3.41. The maximum Gasteiger partial charge on any atom is 0.433 e. The molecule has 0 atom stereocenters. The fourth-order valence-electron chi connectivity index (χ4n) is 2.19. The third kappa shape index (κ3) is 5.92. The van der Waals surface area contributed by atoms with Crippen LogP contribution in [0.25, 0.3) is 10.9 Å². The Kier molecular flexibility index (Phi) is 7.11. The summed E-state index contributed by atoms with van der Waals surface area (Å²) in [4.78, 5) is 15.8. The minimum atomic E-state index is -4.49. The van der Waals surface area contributed by atoms with E-state index in [1.807, 2.05) is 0 Å². The summed E-state index contributed by atoms with van der Waals surface area (Å²) in [6, 6.07) is 7.80. The first-order valence-electron chi connectivity index (χ1n) is 7.92. The number of halogens is 3. The van der Waals surface area contributed by atoms with Gasteiger partial charge in [0.2, 0.25) is 5.91 Å². The molecule has 1 heterocycles. The van der Waals surface area contributed by atoms with E-state index in [2.05, 4.69) is 17.2 Å². The summed E-state index contributed by atoms with van der Waals surface area (Å²) >= 11 is 1.27. The monoisotopic (exact) mass is 368 g/mol. The SMILES string of the molecule is [CH2]CCC[CH]C(=O)NCCSc1cc(C(F)(F)F)nc2ccccc12. The Bertz CT molecular complexity index is 719. The van der Waals surface area contributed by atoms with Gasteiger partial charge in [-0.2, -0.15) is 13.2 Å². The van der Waals surface area contributed by atoms with Crippen LogP contribution in [0.15, 0.2) is 35.2 Å². The quantitative estimate of drug-likeness (QED) is 0.544. The number of pyridine rings is 1. The molecule has 0 saturated heterocycles. The van der Waals surface area contributed by atoms with Crippen LogP contribution in [0.2, 0.25) is 0 Å². The zero-order chi connectivity index (χ0) is 18.3. The molecule has 1 aromatic heterocycles. The number of nitrogens with one attached hydrogen (secondary N) is 1. The van der Waals surface area contributed by atoms with Crippen LogP contribution < -0.4 is 5.32 Å². The highest BCUT2D eigenvalue weighted by atomic mass is 32.2. The highest BCUT2D eigenvalue weighted by molar-refractivity contribution is 7.99. The van der Waals surface area contributed by atoms with Crippen LogP contribution in [0.1, 0.15) is 25.0 Å². The van der Waals surface area contributed by atoms with Crippen LogP contribution in [-0.2, 0) is 11.0 Å². The first kappa shape index (κ1) is 19.6. The Morgan fingerprint density at radius 2 is 2.08 bits per heavy atom. The largest absolute Gasteiger partial charge is 0.433 e. The van der Waals surface area contributed by atoms with Crippen molar-refractivity contribution in [3.8, 4) is 0 Å². The molecule has 1 N–H and O–H groups in total. The zero-order valence-corrected chi connectivity index (χ0v) is 14.4. The molecule has 0 aliphatic heterocycles. The van der Waals surface area contributed by atoms with Gasteiger partial charge in [0.25, 0.3) is 0 Å². The van der Waals surface area contributed by atoms with Crippen molar-refractivity contribution in [2.45, 2.75) is 30.3 Å². The highest BCUT2D eigenvalue weighted by Crippen LogP contribution is 2.34. The summed E-state index contributed by atoms with van der Waals surface area (Å²) < 4.78 is 39.0. The molecule has 0 bridgehead atoms. The molecule has 7 heteroatoms. The molecule has 0 unspecified atom stereocenters. The lowest BCUT2D eigenvalue weighted by Gasteiger charge is -2.11. The summed E-state index contributed by atoms with van der Waals surface area (Å²) in [6.45, 7) is 4.08. The average molecular weight is 368 g/mol. The van der Waals surface area contributed by atoms with Crippen LogP contribution in [0.3, 0.4) is 0 Å². The van der Waals surface area contributed by atoms with E-state index >= 15 is 0 Å². The van der Waals surface area contributed by atoms with E-state index in [-0.39, 0.29) is 5.91 Å². The number of para-hydroxylation sites is 1. The van der Waals surface area contributed by atoms with E-state index in [0.717, 1.165) is 18.9 Å². The van der Waals surface area contributed by atoms with Crippen LogP contribution in [0.5, 0.6) is 0 Å². The molecule has 0 saturated carbocycles.